The van der Waals surface area contributed by atoms with Gasteiger partial charge in [0, 0.05) is 12.6 Å². The average molecular weight is 262 g/mol. The van der Waals surface area contributed by atoms with E-state index < -0.39 is 0 Å². The van der Waals surface area contributed by atoms with E-state index in [-0.39, 0.29) is 0 Å². The molecule has 1 aliphatic rings. The molecule has 18 heavy (non-hydrogen) atoms. The first-order valence-corrected chi connectivity index (χ1v) is 7.19. The van der Waals surface area contributed by atoms with Crippen LogP contribution in [0.15, 0.2) is 17.6 Å². The summed E-state index contributed by atoms with van der Waals surface area (Å²) in [7, 11) is 2.17. The predicted molar refractivity (Wildman–Crippen MR) is 78.2 cm³/mol. The van der Waals surface area contributed by atoms with E-state index in [1.807, 2.05) is 5.51 Å². The van der Waals surface area contributed by atoms with Crippen LogP contribution in [-0.2, 0) is 0 Å². The number of aromatic nitrogens is 1. The van der Waals surface area contributed by atoms with Gasteiger partial charge in [-0.05, 0) is 38.6 Å². The van der Waals surface area contributed by atoms with Crippen molar-refractivity contribution in [2.75, 3.05) is 31.2 Å². The quantitative estimate of drug-likeness (QED) is 0.816. The Balaban J connectivity index is 1.83. The fraction of sp³-hybridized carbons (Fsp3) is 0.462. The molecule has 1 aromatic carbocycles. The van der Waals surface area contributed by atoms with E-state index in [2.05, 4.69) is 34.4 Å². The van der Waals surface area contributed by atoms with E-state index in [4.69, 9.17) is 5.73 Å². The summed E-state index contributed by atoms with van der Waals surface area (Å²) >= 11 is 1.63. The Labute approximate surface area is 111 Å². The van der Waals surface area contributed by atoms with Gasteiger partial charge in [-0.1, -0.05) is 0 Å². The van der Waals surface area contributed by atoms with Crippen LogP contribution in [-0.4, -0.2) is 36.1 Å². The molecule has 4 nitrogen and oxygen atoms in total. The number of likely N-dealkylation sites (tertiary alicyclic amines) is 1. The third-order valence-corrected chi connectivity index (χ3v) is 4.32. The van der Waals surface area contributed by atoms with Gasteiger partial charge in [0.15, 0.2) is 0 Å². The minimum Gasteiger partial charge on any atom is -0.395 e. The van der Waals surface area contributed by atoms with Crippen LogP contribution in [0.2, 0.25) is 0 Å². The molecule has 3 rings (SSSR count). The number of anilines is 2. The van der Waals surface area contributed by atoms with Gasteiger partial charge in [-0.25, -0.2) is 4.98 Å². The summed E-state index contributed by atoms with van der Waals surface area (Å²) < 4.78 is 1.15. The second-order valence-corrected chi connectivity index (χ2v) is 5.86. The number of nitrogens with two attached hydrogens (primary N) is 1. The number of hydrogen-bond donors (Lipinski definition) is 2. The van der Waals surface area contributed by atoms with Gasteiger partial charge in [-0.15, -0.1) is 11.3 Å². The molecule has 2 heterocycles. The molecule has 96 valence electrons. The Bertz CT molecular complexity index is 551. The van der Waals surface area contributed by atoms with Gasteiger partial charge < -0.3 is 16.0 Å². The molecule has 1 fully saturated rings. The lowest BCUT2D eigenvalue weighted by Crippen LogP contribution is -2.39. The van der Waals surface area contributed by atoms with E-state index in [0.717, 1.165) is 28.1 Å². The zero-order valence-electron chi connectivity index (χ0n) is 10.5. The second kappa shape index (κ2) is 4.74. The first kappa shape index (κ1) is 11.7. The molecule has 1 aromatic heterocycles. The van der Waals surface area contributed by atoms with E-state index in [1.165, 1.54) is 19.4 Å². The molecule has 0 bridgehead atoms. The molecule has 1 saturated heterocycles. The monoisotopic (exact) mass is 262 g/mol. The van der Waals surface area contributed by atoms with Crippen LogP contribution in [0.1, 0.15) is 12.8 Å². The summed E-state index contributed by atoms with van der Waals surface area (Å²) in [4.78, 5) is 6.69. The Kier molecular flexibility index (Phi) is 3.09. The van der Waals surface area contributed by atoms with Crippen LogP contribution in [0.4, 0.5) is 11.4 Å². The molecule has 0 radical (unpaired) electrons. The first-order chi connectivity index (χ1) is 8.74. The number of piperidine rings is 1. The highest BCUT2D eigenvalue weighted by Crippen LogP contribution is 2.31. The largest absolute Gasteiger partial charge is 0.395 e. The van der Waals surface area contributed by atoms with Crippen molar-refractivity contribution in [1.29, 1.82) is 0 Å². The summed E-state index contributed by atoms with van der Waals surface area (Å²) in [5.41, 5.74) is 10.8. The molecular formula is C13H18N4S. The number of fused-ring (bicyclic) bond motifs is 1. The van der Waals surface area contributed by atoms with Crippen molar-refractivity contribution in [1.82, 2.24) is 9.88 Å². The van der Waals surface area contributed by atoms with Crippen molar-refractivity contribution < 1.29 is 0 Å². The zero-order valence-corrected chi connectivity index (χ0v) is 11.3. The van der Waals surface area contributed by atoms with Crippen LogP contribution in [0, 0.1) is 0 Å². The standard InChI is InChI=1S/C13H18N4S/c1-17-6-2-3-9(7-17)16-10-4-5-11-13(12(10)14)15-8-18-11/h4-5,8-9,16H,2-3,6-7,14H2,1H3. The lowest BCUT2D eigenvalue weighted by atomic mass is 10.1. The third-order valence-electron chi connectivity index (χ3n) is 3.53. The maximum absolute atomic E-state index is 6.18. The second-order valence-electron chi connectivity index (χ2n) is 4.97. The molecular weight excluding hydrogens is 244 g/mol. The SMILES string of the molecule is CN1CCCC(Nc2ccc3scnc3c2N)C1. The van der Waals surface area contributed by atoms with Gasteiger partial charge in [0.1, 0.15) is 5.52 Å². The summed E-state index contributed by atoms with van der Waals surface area (Å²) in [5.74, 6) is 0. The highest BCUT2D eigenvalue weighted by atomic mass is 32.1. The molecule has 2 aromatic rings. The third kappa shape index (κ3) is 2.15. The Hall–Kier alpha value is -1.33. The van der Waals surface area contributed by atoms with Crippen molar-refractivity contribution in [3.8, 4) is 0 Å². The topological polar surface area (TPSA) is 54.2 Å². The Morgan fingerprint density at radius 2 is 2.39 bits per heavy atom. The van der Waals surface area contributed by atoms with Crippen LogP contribution >= 0.6 is 11.3 Å². The van der Waals surface area contributed by atoms with Gasteiger partial charge in [0.25, 0.3) is 0 Å². The normalized spacial score (nSPS) is 21.3. The number of likely N-dealkylation sites (N-methyl/N-ethyl adjacent to an activating group) is 1. The van der Waals surface area contributed by atoms with Gasteiger partial charge in [0.2, 0.25) is 0 Å². The number of nitrogens with zero attached hydrogens (tertiary/aromatic N) is 2. The number of nitrogens with one attached hydrogen (secondary N) is 1. The predicted octanol–water partition coefficient (Wildman–Crippen LogP) is 2.38. The van der Waals surface area contributed by atoms with E-state index in [1.54, 1.807) is 11.3 Å². The van der Waals surface area contributed by atoms with Crippen molar-refractivity contribution >= 4 is 32.9 Å². The zero-order chi connectivity index (χ0) is 12.5. The van der Waals surface area contributed by atoms with Crippen molar-refractivity contribution in [2.45, 2.75) is 18.9 Å². The van der Waals surface area contributed by atoms with E-state index >= 15 is 0 Å². The first-order valence-electron chi connectivity index (χ1n) is 6.31. The van der Waals surface area contributed by atoms with Gasteiger partial charge in [-0.2, -0.15) is 0 Å². The summed E-state index contributed by atoms with van der Waals surface area (Å²) in [5, 5.41) is 3.56. The van der Waals surface area contributed by atoms with E-state index in [9.17, 15) is 0 Å². The number of benzene rings is 1. The summed E-state index contributed by atoms with van der Waals surface area (Å²) in [6, 6.07) is 4.66. The number of hydrogen-bond acceptors (Lipinski definition) is 5. The Morgan fingerprint density at radius 3 is 3.22 bits per heavy atom. The molecule has 0 saturated carbocycles. The van der Waals surface area contributed by atoms with Gasteiger partial charge in [0.05, 0.1) is 21.6 Å². The molecule has 1 atom stereocenters. The van der Waals surface area contributed by atoms with Crippen LogP contribution < -0.4 is 11.1 Å². The van der Waals surface area contributed by atoms with Crippen molar-refractivity contribution in [2.24, 2.45) is 0 Å². The van der Waals surface area contributed by atoms with Crippen LogP contribution in [0.25, 0.3) is 10.2 Å². The molecule has 3 N–H and O–H groups in total. The van der Waals surface area contributed by atoms with Crippen LogP contribution in [0.3, 0.4) is 0 Å². The minimum absolute atomic E-state index is 0.488. The molecule has 0 spiro atoms. The maximum atomic E-state index is 6.18. The number of nitrogen functional groups attached to an aromatic ring is 1. The maximum Gasteiger partial charge on any atom is 0.106 e. The molecule has 1 aliphatic heterocycles. The number of thiazole rings is 1. The average Bonchev–Trinajstić information content (AvgIpc) is 2.82. The highest BCUT2D eigenvalue weighted by Gasteiger charge is 2.18. The van der Waals surface area contributed by atoms with E-state index in [0.29, 0.717) is 6.04 Å². The molecule has 1 unspecified atom stereocenters. The number of rotatable bonds is 2. The smallest absolute Gasteiger partial charge is 0.106 e. The minimum atomic E-state index is 0.488. The lowest BCUT2D eigenvalue weighted by molar-refractivity contribution is 0.261. The summed E-state index contributed by atoms with van der Waals surface area (Å²) in [6.07, 6.45) is 2.45. The molecule has 0 aliphatic carbocycles. The fourth-order valence-corrected chi connectivity index (χ4v) is 3.27. The lowest BCUT2D eigenvalue weighted by Gasteiger charge is -2.31. The van der Waals surface area contributed by atoms with Gasteiger partial charge in [-0.3, -0.25) is 0 Å². The van der Waals surface area contributed by atoms with Crippen molar-refractivity contribution in [3.05, 3.63) is 17.6 Å². The van der Waals surface area contributed by atoms with Gasteiger partial charge >= 0.3 is 0 Å². The van der Waals surface area contributed by atoms with Crippen LogP contribution in [0.5, 0.6) is 0 Å². The molecule has 5 heteroatoms. The Morgan fingerprint density at radius 1 is 1.50 bits per heavy atom. The van der Waals surface area contributed by atoms with Crippen molar-refractivity contribution in [3.63, 3.8) is 0 Å². The highest BCUT2D eigenvalue weighted by molar-refractivity contribution is 7.16. The molecule has 0 amide bonds. The fourth-order valence-electron chi connectivity index (χ4n) is 2.58. The summed E-state index contributed by atoms with van der Waals surface area (Å²) in [6.45, 7) is 2.27.